The third-order valence-electron chi connectivity index (χ3n) is 4.37. The van der Waals surface area contributed by atoms with E-state index in [4.69, 9.17) is 5.11 Å². The maximum absolute atomic E-state index is 12.5. The van der Waals surface area contributed by atoms with Gasteiger partial charge in [-0.05, 0) is 44.1 Å². The molecule has 1 fully saturated rings. The minimum Gasteiger partial charge on any atom is -0.396 e. The Labute approximate surface area is 117 Å². The average Bonchev–Trinajstić information content (AvgIpc) is 2.43. The van der Waals surface area contributed by atoms with E-state index in [1.54, 1.807) is 0 Å². The third-order valence-corrected chi connectivity index (χ3v) is 4.37. The quantitative estimate of drug-likeness (QED) is 0.659. The van der Waals surface area contributed by atoms with Gasteiger partial charge in [-0.1, -0.05) is 20.8 Å². The molecule has 0 aromatic rings. The van der Waals surface area contributed by atoms with Crippen LogP contribution in [-0.2, 0) is 4.79 Å². The van der Waals surface area contributed by atoms with Crippen LogP contribution in [0.5, 0.6) is 0 Å². The number of aliphatic hydroxyl groups is 1. The van der Waals surface area contributed by atoms with Crippen LogP contribution in [0.2, 0.25) is 0 Å². The summed E-state index contributed by atoms with van der Waals surface area (Å²) in [6, 6.07) is 0. The van der Waals surface area contributed by atoms with E-state index in [0.29, 0.717) is 6.54 Å². The molecule has 0 aromatic heterocycles. The Morgan fingerprint density at radius 2 is 2.21 bits per heavy atom. The normalized spacial score (nSPS) is 24.2. The van der Waals surface area contributed by atoms with Crippen LogP contribution < -0.4 is 10.6 Å². The fourth-order valence-electron chi connectivity index (χ4n) is 2.78. The fraction of sp³-hybridized carbons (Fsp3) is 0.933. The Morgan fingerprint density at radius 3 is 2.74 bits per heavy atom. The summed E-state index contributed by atoms with van der Waals surface area (Å²) in [5, 5.41) is 15.4. The van der Waals surface area contributed by atoms with Gasteiger partial charge in [0.25, 0.3) is 0 Å². The fourth-order valence-corrected chi connectivity index (χ4v) is 2.78. The summed E-state index contributed by atoms with van der Waals surface area (Å²) < 4.78 is 0. The van der Waals surface area contributed by atoms with E-state index in [1.165, 1.54) is 0 Å². The van der Waals surface area contributed by atoms with Gasteiger partial charge in [0.05, 0.1) is 5.41 Å². The molecule has 1 rings (SSSR count). The summed E-state index contributed by atoms with van der Waals surface area (Å²) in [7, 11) is 0. The van der Waals surface area contributed by atoms with Gasteiger partial charge in [-0.25, -0.2) is 0 Å². The number of hydrogen-bond acceptors (Lipinski definition) is 3. The lowest BCUT2D eigenvalue weighted by molar-refractivity contribution is -0.132. The van der Waals surface area contributed by atoms with Gasteiger partial charge in [0, 0.05) is 19.7 Å². The first-order chi connectivity index (χ1) is 8.96. The van der Waals surface area contributed by atoms with Gasteiger partial charge in [-0.15, -0.1) is 0 Å². The molecule has 0 spiro atoms. The van der Waals surface area contributed by atoms with Crippen LogP contribution in [0.15, 0.2) is 0 Å². The number of amides is 1. The van der Waals surface area contributed by atoms with Gasteiger partial charge in [-0.3, -0.25) is 4.79 Å². The predicted molar refractivity (Wildman–Crippen MR) is 77.9 cm³/mol. The van der Waals surface area contributed by atoms with Crippen molar-refractivity contribution in [2.45, 2.75) is 52.9 Å². The second-order valence-corrected chi connectivity index (χ2v) is 6.59. The van der Waals surface area contributed by atoms with Crippen molar-refractivity contribution in [2.24, 2.45) is 10.8 Å². The molecule has 4 nitrogen and oxygen atoms in total. The summed E-state index contributed by atoms with van der Waals surface area (Å²) >= 11 is 0. The Morgan fingerprint density at radius 1 is 1.47 bits per heavy atom. The molecule has 1 unspecified atom stereocenters. The second kappa shape index (κ2) is 7.25. The van der Waals surface area contributed by atoms with Crippen molar-refractivity contribution in [3.05, 3.63) is 0 Å². The zero-order valence-corrected chi connectivity index (χ0v) is 12.7. The van der Waals surface area contributed by atoms with Crippen molar-refractivity contribution in [2.75, 3.05) is 26.2 Å². The highest BCUT2D eigenvalue weighted by Crippen LogP contribution is 2.31. The van der Waals surface area contributed by atoms with Crippen LogP contribution in [0.1, 0.15) is 52.9 Å². The van der Waals surface area contributed by atoms with Crippen molar-refractivity contribution in [3.63, 3.8) is 0 Å². The Kier molecular flexibility index (Phi) is 6.27. The number of carbonyl (C=O) groups is 1. The minimum absolute atomic E-state index is 0.0510. The standard InChI is InChI=1S/C15H30N2O2/c1-4-15(8-5-9-16-12-15)13(19)17-11-14(2,3)7-6-10-18/h16,18H,4-12H2,1-3H3,(H,17,19). The average molecular weight is 270 g/mol. The van der Waals surface area contributed by atoms with E-state index in [9.17, 15) is 4.79 Å². The van der Waals surface area contributed by atoms with Gasteiger partial charge in [0.1, 0.15) is 0 Å². The summed E-state index contributed by atoms with van der Waals surface area (Å²) in [5.74, 6) is 0.194. The van der Waals surface area contributed by atoms with Crippen molar-refractivity contribution in [1.29, 1.82) is 0 Å². The Bertz CT molecular complexity index is 284. The van der Waals surface area contributed by atoms with E-state index in [-0.39, 0.29) is 23.3 Å². The van der Waals surface area contributed by atoms with E-state index >= 15 is 0 Å². The van der Waals surface area contributed by atoms with Crippen molar-refractivity contribution in [1.82, 2.24) is 10.6 Å². The topological polar surface area (TPSA) is 61.4 Å². The van der Waals surface area contributed by atoms with Crippen molar-refractivity contribution < 1.29 is 9.90 Å². The van der Waals surface area contributed by atoms with E-state index in [2.05, 4.69) is 31.4 Å². The SMILES string of the molecule is CCC1(C(=O)NCC(C)(C)CCCO)CCCNC1. The Hall–Kier alpha value is -0.610. The second-order valence-electron chi connectivity index (χ2n) is 6.59. The van der Waals surface area contributed by atoms with Crippen LogP contribution in [0, 0.1) is 10.8 Å². The monoisotopic (exact) mass is 270 g/mol. The summed E-state index contributed by atoms with van der Waals surface area (Å²) in [6.07, 6.45) is 4.68. The minimum atomic E-state index is -0.217. The molecule has 0 aromatic carbocycles. The lowest BCUT2D eigenvalue weighted by Crippen LogP contribution is -2.51. The highest BCUT2D eigenvalue weighted by atomic mass is 16.2. The smallest absolute Gasteiger partial charge is 0.227 e. The molecule has 112 valence electrons. The number of carbonyl (C=O) groups excluding carboxylic acids is 1. The molecular formula is C15H30N2O2. The molecule has 3 N–H and O–H groups in total. The number of piperidine rings is 1. The van der Waals surface area contributed by atoms with Gasteiger partial charge < -0.3 is 15.7 Å². The molecule has 19 heavy (non-hydrogen) atoms. The number of rotatable bonds is 7. The first-order valence-corrected chi connectivity index (χ1v) is 7.56. The number of nitrogens with one attached hydrogen (secondary N) is 2. The van der Waals surface area contributed by atoms with Crippen LogP contribution >= 0.6 is 0 Å². The van der Waals surface area contributed by atoms with E-state index < -0.39 is 0 Å². The van der Waals surface area contributed by atoms with Crippen molar-refractivity contribution in [3.8, 4) is 0 Å². The molecule has 1 amide bonds. The van der Waals surface area contributed by atoms with Gasteiger partial charge >= 0.3 is 0 Å². The summed E-state index contributed by atoms with van der Waals surface area (Å²) in [6.45, 7) is 9.11. The first-order valence-electron chi connectivity index (χ1n) is 7.56. The van der Waals surface area contributed by atoms with Crippen LogP contribution in [0.4, 0.5) is 0 Å². The molecule has 1 saturated heterocycles. The number of hydrogen-bond donors (Lipinski definition) is 3. The van der Waals surface area contributed by atoms with Crippen molar-refractivity contribution >= 4 is 5.91 Å². The van der Waals surface area contributed by atoms with E-state index in [1.807, 2.05) is 0 Å². The molecule has 0 aliphatic carbocycles. The molecule has 0 saturated carbocycles. The highest BCUT2D eigenvalue weighted by Gasteiger charge is 2.38. The highest BCUT2D eigenvalue weighted by molar-refractivity contribution is 5.83. The lowest BCUT2D eigenvalue weighted by Gasteiger charge is -2.36. The van der Waals surface area contributed by atoms with Gasteiger partial charge in [0.15, 0.2) is 0 Å². The number of aliphatic hydroxyl groups excluding tert-OH is 1. The zero-order valence-electron chi connectivity index (χ0n) is 12.7. The molecule has 1 aliphatic heterocycles. The molecule has 1 heterocycles. The molecule has 4 heteroatoms. The molecular weight excluding hydrogens is 240 g/mol. The maximum atomic E-state index is 12.5. The Balaban J connectivity index is 2.48. The lowest BCUT2D eigenvalue weighted by atomic mass is 9.77. The molecule has 1 aliphatic rings. The largest absolute Gasteiger partial charge is 0.396 e. The van der Waals surface area contributed by atoms with Gasteiger partial charge in [-0.2, -0.15) is 0 Å². The molecule has 1 atom stereocenters. The summed E-state index contributed by atoms with van der Waals surface area (Å²) in [4.78, 5) is 12.5. The van der Waals surface area contributed by atoms with Gasteiger partial charge in [0.2, 0.25) is 5.91 Å². The molecule has 0 radical (unpaired) electrons. The van der Waals surface area contributed by atoms with Crippen LogP contribution in [-0.4, -0.2) is 37.3 Å². The van der Waals surface area contributed by atoms with Crippen LogP contribution in [0.25, 0.3) is 0 Å². The molecule has 0 bridgehead atoms. The van der Waals surface area contributed by atoms with E-state index in [0.717, 1.165) is 45.2 Å². The summed E-state index contributed by atoms with van der Waals surface area (Å²) in [5.41, 5.74) is -0.166. The predicted octanol–water partition coefficient (Wildman–Crippen LogP) is 1.68. The van der Waals surface area contributed by atoms with Crippen LogP contribution in [0.3, 0.4) is 0 Å². The third kappa shape index (κ3) is 4.77. The zero-order chi connectivity index (χ0) is 14.4. The first kappa shape index (κ1) is 16.4. The maximum Gasteiger partial charge on any atom is 0.227 e.